The lowest BCUT2D eigenvalue weighted by Crippen LogP contribution is -1.96. The molecule has 4 aromatic rings. The Labute approximate surface area is 187 Å². The minimum atomic E-state index is -3.17. The quantitative estimate of drug-likeness (QED) is 0.299. The van der Waals surface area contributed by atoms with Crippen molar-refractivity contribution in [3.8, 4) is 28.0 Å². The Morgan fingerprint density at radius 1 is 0.862 bits per heavy atom. The van der Waals surface area contributed by atoms with E-state index >= 15 is 0 Å². The third-order valence-electron chi connectivity index (χ3n) is 4.14. The number of thiophene rings is 2. The molecule has 150 valence electrons. The first-order valence-electron chi connectivity index (χ1n) is 8.58. The van der Waals surface area contributed by atoms with Crippen molar-refractivity contribution in [3.63, 3.8) is 0 Å². The van der Waals surface area contributed by atoms with Gasteiger partial charge in [0.05, 0.1) is 15.8 Å². The molecular weight excluding hydrogens is 488 g/mol. The molecule has 0 spiro atoms. The summed E-state index contributed by atoms with van der Waals surface area (Å²) in [7, 11) is -1.52. The van der Waals surface area contributed by atoms with E-state index in [1.165, 1.54) is 10.0 Å². The molecule has 0 radical (unpaired) electrons. The Balaban J connectivity index is 0.000000343. The Morgan fingerprint density at radius 3 is 1.79 bits per heavy atom. The summed E-state index contributed by atoms with van der Waals surface area (Å²) >= 11 is 6.62. The minimum absolute atomic E-state index is 0.336. The lowest BCUT2D eigenvalue weighted by atomic mass is 9.99. The van der Waals surface area contributed by atoms with Crippen molar-refractivity contribution in [1.82, 2.24) is 0 Å². The fourth-order valence-corrected chi connectivity index (χ4v) is 5.07. The normalized spacial score (nSPS) is 10.9. The van der Waals surface area contributed by atoms with Crippen LogP contribution in [-0.2, 0) is 9.84 Å². The van der Waals surface area contributed by atoms with E-state index in [0.717, 1.165) is 28.0 Å². The topological polar surface area (TPSA) is 43.4 Å². The van der Waals surface area contributed by atoms with Crippen LogP contribution in [0.5, 0.6) is 5.75 Å². The monoisotopic (exact) mass is 506 g/mol. The van der Waals surface area contributed by atoms with Crippen LogP contribution >= 0.6 is 38.6 Å². The number of ether oxygens (including phenoxy) is 1. The summed E-state index contributed by atoms with van der Waals surface area (Å²) in [4.78, 5) is 0.336. The fraction of sp³-hybridized carbons (Fsp3) is 0.0909. The third-order valence-corrected chi connectivity index (χ3v) is 7.49. The van der Waals surface area contributed by atoms with Gasteiger partial charge in [0.2, 0.25) is 0 Å². The van der Waals surface area contributed by atoms with Gasteiger partial charge in [0.15, 0.2) is 9.84 Å². The molecular formula is C22H19BrO3S3. The van der Waals surface area contributed by atoms with Gasteiger partial charge in [0.25, 0.3) is 0 Å². The Kier molecular flexibility index (Phi) is 7.29. The summed E-state index contributed by atoms with van der Waals surface area (Å²) in [5.41, 5.74) is 4.34. The second-order valence-corrected chi connectivity index (χ2v) is 11.2. The van der Waals surface area contributed by atoms with Gasteiger partial charge in [0, 0.05) is 17.4 Å². The molecule has 2 heterocycles. The van der Waals surface area contributed by atoms with Crippen molar-refractivity contribution >= 4 is 48.4 Å². The Hall–Kier alpha value is -1.93. The molecule has 0 aliphatic rings. The molecule has 0 bridgehead atoms. The van der Waals surface area contributed by atoms with Gasteiger partial charge in [0.1, 0.15) is 5.75 Å². The first-order valence-corrected chi connectivity index (χ1v) is 13.1. The van der Waals surface area contributed by atoms with Crippen LogP contribution in [0, 0.1) is 0 Å². The molecule has 7 heteroatoms. The maximum absolute atomic E-state index is 11.6. The molecule has 0 saturated heterocycles. The fourth-order valence-electron chi connectivity index (χ4n) is 2.65. The number of methoxy groups -OCH3 is 1. The van der Waals surface area contributed by atoms with Crippen molar-refractivity contribution in [2.24, 2.45) is 0 Å². The predicted molar refractivity (Wildman–Crippen MR) is 127 cm³/mol. The van der Waals surface area contributed by atoms with E-state index in [1.54, 1.807) is 41.9 Å². The number of benzene rings is 2. The zero-order valence-corrected chi connectivity index (χ0v) is 19.9. The molecule has 4 rings (SSSR count). The van der Waals surface area contributed by atoms with Crippen LogP contribution in [-0.4, -0.2) is 21.8 Å². The molecule has 0 fully saturated rings. The molecule has 0 atom stereocenters. The summed E-state index contributed by atoms with van der Waals surface area (Å²) in [6.07, 6.45) is 1.22. The van der Waals surface area contributed by atoms with Gasteiger partial charge < -0.3 is 4.74 Å². The molecule has 2 aromatic carbocycles. The highest BCUT2D eigenvalue weighted by Crippen LogP contribution is 2.36. The van der Waals surface area contributed by atoms with Gasteiger partial charge in [-0.3, -0.25) is 0 Å². The van der Waals surface area contributed by atoms with Gasteiger partial charge >= 0.3 is 0 Å². The van der Waals surface area contributed by atoms with Crippen molar-refractivity contribution < 1.29 is 13.2 Å². The molecule has 0 aliphatic heterocycles. The highest BCUT2D eigenvalue weighted by atomic mass is 79.9. The van der Waals surface area contributed by atoms with Crippen molar-refractivity contribution in [3.05, 3.63) is 80.6 Å². The van der Waals surface area contributed by atoms with E-state index in [4.69, 9.17) is 4.74 Å². The molecule has 0 amide bonds. The Bertz CT molecular complexity index is 1150. The highest BCUT2D eigenvalue weighted by Gasteiger charge is 2.11. The number of rotatable bonds is 4. The van der Waals surface area contributed by atoms with Crippen LogP contribution in [0.3, 0.4) is 0 Å². The van der Waals surface area contributed by atoms with Gasteiger partial charge in [-0.25, -0.2) is 8.42 Å². The predicted octanol–water partition coefficient (Wildman–Crippen LogP) is 7.00. The van der Waals surface area contributed by atoms with Crippen molar-refractivity contribution in [2.45, 2.75) is 4.90 Å². The number of hydrogen-bond acceptors (Lipinski definition) is 5. The smallest absolute Gasteiger partial charge is 0.175 e. The maximum atomic E-state index is 11.6. The molecule has 0 saturated carbocycles. The summed E-state index contributed by atoms with van der Waals surface area (Å²) in [5.74, 6) is 0.822. The van der Waals surface area contributed by atoms with Crippen LogP contribution in [0.15, 0.2) is 85.5 Å². The van der Waals surface area contributed by atoms with Crippen LogP contribution < -0.4 is 4.74 Å². The average Bonchev–Trinajstić information content (AvgIpc) is 3.39. The van der Waals surface area contributed by atoms with E-state index in [0.29, 0.717) is 4.90 Å². The van der Waals surface area contributed by atoms with Crippen LogP contribution in [0.25, 0.3) is 22.3 Å². The molecule has 0 unspecified atom stereocenters. The van der Waals surface area contributed by atoms with Crippen molar-refractivity contribution in [1.29, 1.82) is 0 Å². The van der Waals surface area contributed by atoms with Gasteiger partial charge in [-0.15, -0.1) is 11.3 Å². The lowest BCUT2D eigenvalue weighted by molar-refractivity contribution is 0.415. The highest BCUT2D eigenvalue weighted by molar-refractivity contribution is 9.11. The maximum Gasteiger partial charge on any atom is 0.175 e. The summed E-state index contributed by atoms with van der Waals surface area (Å²) < 4.78 is 29.5. The first-order chi connectivity index (χ1) is 13.9. The molecule has 3 nitrogen and oxygen atoms in total. The SMILES string of the molecule is Brc1cccs1.COc1ccc(-c2cscc2-c2ccc(S(C)(=O)=O)cc2)cc1. The van der Waals surface area contributed by atoms with Crippen molar-refractivity contribution in [2.75, 3.05) is 13.4 Å². The van der Waals surface area contributed by atoms with Gasteiger partial charge in [-0.2, -0.15) is 11.3 Å². The lowest BCUT2D eigenvalue weighted by Gasteiger charge is -2.07. The first kappa shape index (κ1) is 21.8. The zero-order valence-electron chi connectivity index (χ0n) is 15.8. The summed E-state index contributed by atoms with van der Waals surface area (Å²) in [6.45, 7) is 0. The van der Waals surface area contributed by atoms with E-state index in [1.807, 2.05) is 53.9 Å². The van der Waals surface area contributed by atoms with E-state index in [9.17, 15) is 8.42 Å². The standard InChI is InChI=1S/C18H16O3S2.C4H3BrS/c1-21-15-7-3-13(4-8-15)17-11-22-12-18(17)14-5-9-16(10-6-14)23(2,19)20;5-4-2-1-3-6-4/h3-12H,1-2H3;1-3H. The average molecular weight is 507 g/mol. The van der Waals surface area contributed by atoms with E-state index < -0.39 is 9.84 Å². The Morgan fingerprint density at radius 2 is 1.41 bits per heavy atom. The van der Waals surface area contributed by atoms with E-state index in [2.05, 4.69) is 26.7 Å². The number of sulfone groups is 1. The molecule has 2 aromatic heterocycles. The zero-order chi connectivity index (χ0) is 20.9. The van der Waals surface area contributed by atoms with Crippen LogP contribution in [0.2, 0.25) is 0 Å². The molecule has 0 N–H and O–H groups in total. The minimum Gasteiger partial charge on any atom is -0.497 e. The summed E-state index contributed by atoms with van der Waals surface area (Å²) in [6, 6.07) is 19.0. The van der Waals surface area contributed by atoms with Gasteiger partial charge in [-0.05, 0) is 73.5 Å². The third kappa shape index (κ3) is 5.79. The van der Waals surface area contributed by atoms with Crippen LogP contribution in [0.1, 0.15) is 0 Å². The largest absolute Gasteiger partial charge is 0.497 e. The molecule has 0 aliphatic carbocycles. The summed E-state index contributed by atoms with van der Waals surface area (Å²) in [5, 5.41) is 6.21. The van der Waals surface area contributed by atoms with Crippen LogP contribution in [0.4, 0.5) is 0 Å². The number of hydrogen-bond donors (Lipinski definition) is 0. The van der Waals surface area contributed by atoms with E-state index in [-0.39, 0.29) is 0 Å². The second kappa shape index (κ2) is 9.71. The number of halogens is 1. The second-order valence-electron chi connectivity index (χ2n) is 6.14. The molecule has 29 heavy (non-hydrogen) atoms. The van der Waals surface area contributed by atoms with Gasteiger partial charge in [-0.1, -0.05) is 30.3 Å².